The van der Waals surface area contributed by atoms with Gasteiger partial charge in [0.25, 0.3) is 0 Å². The molecule has 0 saturated heterocycles. The summed E-state index contributed by atoms with van der Waals surface area (Å²) in [5, 5.41) is 0. The molecule has 0 aliphatic carbocycles. The molecule has 0 bridgehead atoms. The predicted octanol–water partition coefficient (Wildman–Crippen LogP) is 1.94. The highest BCUT2D eigenvalue weighted by Gasteiger charge is 2.18. The molecule has 0 unspecified atom stereocenters. The molecule has 0 aliphatic heterocycles. The van der Waals surface area contributed by atoms with Gasteiger partial charge in [0.05, 0.1) is 18.1 Å². The van der Waals surface area contributed by atoms with Crippen molar-refractivity contribution in [1.29, 1.82) is 0 Å². The summed E-state index contributed by atoms with van der Waals surface area (Å²) < 4.78 is 16.2. The normalized spacial score (nSPS) is 9.59. The average Bonchev–Trinajstić information content (AvgIpc) is 2.21. The largest absolute Gasteiger partial charge is 0.615 e. The van der Waals surface area contributed by atoms with Crippen LogP contribution >= 0.6 is 0 Å². The fourth-order valence-electron chi connectivity index (χ4n) is 0.939. The summed E-state index contributed by atoms with van der Waals surface area (Å²) in [6.07, 6.45) is 3.05. The van der Waals surface area contributed by atoms with Crippen LogP contribution in [-0.4, -0.2) is 28.8 Å². The second-order valence-electron chi connectivity index (χ2n) is 3.48. The van der Waals surface area contributed by atoms with Gasteiger partial charge in [-0.1, -0.05) is 13.2 Å². The zero-order chi connectivity index (χ0) is 13.1. The fourth-order valence-corrected chi connectivity index (χ4v) is 2.14. The number of hydrogen-bond donors (Lipinski definition) is 0. The number of unbranched alkanes of at least 4 members (excludes halogenated alkanes) is 1. The first kappa shape index (κ1) is 15.6. The van der Waals surface area contributed by atoms with Crippen LogP contribution in [0.4, 0.5) is 0 Å². The van der Waals surface area contributed by atoms with Crippen LogP contribution in [-0.2, 0) is 18.1 Å². The van der Waals surface area contributed by atoms with Crippen LogP contribution in [0.2, 0.25) is 0 Å². The smallest absolute Gasteiger partial charge is 0.499 e. The number of aliphatic imine (C=N–C) groups is 1. The highest BCUT2D eigenvalue weighted by Crippen LogP contribution is 2.05. The minimum atomic E-state index is -2.22. The standard InChI is InChI=1S/C11H19NO4Si/c1-10(2)15-17(16-11(3)4)14-8-6-5-7-12-9-13/h17H,1,3,5-8H2,2,4H3. The first-order chi connectivity index (χ1) is 8.06. The van der Waals surface area contributed by atoms with Crippen molar-refractivity contribution in [3.05, 3.63) is 24.7 Å². The molecule has 0 aliphatic rings. The van der Waals surface area contributed by atoms with E-state index in [4.69, 9.17) is 13.3 Å². The minimum Gasteiger partial charge on any atom is -0.499 e. The van der Waals surface area contributed by atoms with Crippen molar-refractivity contribution < 1.29 is 18.1 Å². The topological polar surface area (TPSA) is 57.1 Å². The lowest BCUT2D eigenvalue weighted by Crippen LogP contribution is -2.26. The van der Waals surface area contributed by atoms with E-state index in [0.717, 1.165) is 12.8 Å². The third-order valence-electron chi connectivity index (χ3n) is 1.58. The molecule has 0 saturated carbocycles. The number of rotatable bonds is 10. The van der Waals surface area contributed by atoms with E-state index in [1.54, 1.807) is 13.8 Å². The molecule has 0 heterocycles. The van der Waals surface area contributed by atoms with Crippen LogP contribution in [0, 0.1) is 0 Å². The van der Waals surface area contributed by atoms with Crippen LogP contribution < -0.4 is 0 Å². The summed E-state index contributed by atoms with van der Waals surface area (Å²) >= 11 is 0. The second-order valence-corrected chi connectivity index (χ2v) is 4.86. The predicted molar refractivity (Wildman–Crippen MR) is 67.1 cm³/mol. The molecule has 0 aromatic rings. The average molecular weight is 257 g/mol. The SMILES string of the molecule is C=C(C)O[SiH](OCCCCN=C=O)OC(=C)C. The van der Waals surface area contributed by atoms with Gasteiger partial charge in [-0.05, 0) is 26.7 Å². The third kappa shape index (κ3) is 10.9. The number of carbonyl (C=O) groups excluding carboxylic acids is 1. The molecule has 96 valence electrons. The maximum Gasteiger partial charge on any atom is 0.615 e. The molecule has 5 nitrogen and oxygen atoms in total. The zero-order valence-corrected chi connectivity index (χ0v) is 11.6. The summed E-state index contributed by atoms with van der Waals surface area (Å²) in [6, 6.07) is 0. The summed E-state index contributed by atoms with van der Waals surface area (Å²) in [7, 11) is -2.22. The fraction of sp³-hybridized carbons (Fsp3) is 0.545. The lowest BCUT2D eigenvalue weighted by molar-refractivity contribution is 0.145. The molecule has 6 heteroatoms. The number of hydrogen-bond acceptors (Lipinski definition) is 5. The molecule has 0 radical (unpaired) electrons. The van der Waals surface area contributed by atoms with Crippen LogP contribution in [0.1, 0.15) is 26.7 Å². The molecule has 0 N–H and O–H groups in total. The number of allylic oxidation sites excluding steroid dienone is 2. The van der Waals surface area contributed by atoms with Crippen LogP contribution in [0.3, 0.4) is 0 Å². The molecular formula is C11H19NO4Si. The number of isocyanates is 1. The Morgan fingerprint density at radius 1 is 1.24 bits per heavy atom. The van der Waals surface area contributed by atoms with Gasteiger partial charge in [0.2, 0.25) is 6.08 Å². The molecule has 0 spiro atoms. The van der Waals surface area contributed by atoms with E-state index in [-0.39, 0.29) is 0 Å². The Hall–Kier alpha value is -1.36. The Kier molecular flexibility index (Phi) is 9.05. The summed E-state index contributed by atoms with van der Waals surface area (Å²) in [4.78, 5) is 13.3. The quantitative estimate of drug-likeness (QED) is 0.197. The summed E-state index contributed by atoms with van der Waals surface area (Å²) in [6.45, 7) is 11.7. The summed E-state index contributed by atoms with van der Waals surface area (Å²) in [5.74, 6) is 1.13. The van der Waals surface area contributed by atoms with Crippen molar-refractivity contribution in [3.63, 3.8) is 0 Å². The van der Waals surface area contributed by atoms with E-state index in [9.17, 15) is 4.79 Å². The van der Waals surface area contributed by atoms with Gasteiger partial charge in [0.1, 0.15) is 0 Å². The van der Waals surface area contributed by atoms with Gasteiger partial charge in [-0.15, -0.1) is 0 Å². The first-order valence-electron chi connectivity index (χ1n) is 5.36. The third-order valence-corrected chi connectivity index (χ3v) is 3.28. The highest BCUT2D eigenvalue weighted by molar-refractivity contribution is 6.37. The molecule has 0 atom stereocenters. The van der Waals surface area contributed by atoms with Gasteiger partial charge in [-0.3, -0.25) is 0 Å². The van der Waals surface area contributed by atoms with Crippen LogP contribution in [0.15, 0.2) is 29.7 Å². The molecule has 0 aromatic heterocycles. The Labute approximate surface area is 104 Å². The zero-order valence-electron chi connectivity index (χ0n) is 10.4. The molecule has 0 aromatic carbocycles. The Bertz CT molecular complexity index is 284. The lowest BCUT2D eigenvalue weighted by atomic mass is 10.3. The van der Waals surface area contributed by atoms with Crippen molar-refractivity contribution in [3.8, 4) is 0 Å². The van der Waals surface area contributed by atoms with E-state index in [1.807, 2.05) is 0 Å². The van der Waals surface area contributed by atoms with Gasteiger partial charge < -0.3 is 13.3 Å². The lowest BCUT2D eigenvalue weighted by Gasteiger charge is -2.17. The molecular weight excluding hydrogens is 238 g/mol. The van der Waals surface area contributed by atoms with Crippen molar-refractivity contribution in [2.45, 2.75) is 26.7 Å². The summed E-state index contributed by atoms with van der Waals surface area (Å²) in [5.41, 5.74) is 0. The van der Waals surface area contributed by atoms with Crippen molar-refractivity contribution in [2.75, 3.05) is 13.2 Å². The molecule has 0 rings (SSSR count). The van der Waals surface area contributed by atoms with Gasteiger partial charge in [-0.2, -0.15) is 0 Å². The van der Waals surface area contributed by atoms with Gasteiger partial charge >= 0.3 is 9.53 Å². The van der Waals surface area contributed by atoms with Gasteiger partial charge in [-0.25, -0.2) is 9.79 Å². The van der Waals surface area contributed by atoms with E-state index < -0.39 is 9.53 Å². The van der Waals surface area contributed by atoms with Crippen LogP contribution in [0.5, 0.6) is 0 Å². The maximum absolute atomic E-state index is 9.81. The van der Waals surface area contributed by atoms with Crippen LogP contribution in [0.25, 0.3) is 0 Å². The Morgan fingerprint density at radius 2 is 1.82 bits per heavy atom. The van der Waals surface area contributed by atoms with E-state index >= 15 is 0 Å². The van der Waals surface area contributed by atoms with E-state index in [0.29, 0.717) is 24.7 Å². The highest BCUT2D eigenvalue weighted by atomic mass is 28.3. The second kappa shape index (κ2) is 9.83. The molecule has 0 fully saturated rings. The number of nitrogens with zero attached hydrogens (tertiary/aromatic N) is 1. The van der Waals surface area contributed by atoms with Crippen molar-refractivity contribution in [1.82, 2.24) is 0 Å². The Balaban J connectivity index is 3.78. The van der Waals surface area contributed by atoms with Crippen molar-refractivity contribution in [2.24, 2.45) is 4.99 Å². The molecule has 17 heavy (non-hydrogen) atoms. The maximum atomic E-state index is 9.81. The van der Waals surface area contributed by atoms with Crippen molar-refractivity contribution >= 4 is 15.6 Å². The van der Waals surface area contributed by atoms with E-state index in [2.05, 4.69) is 18.2 Å². The monoisotopic (exact) mass is 257 g/mol. The molecule has 0 amide bonds. The van der Waals surface area contributed by atoms with Gasteiger partial charge in [0, 0.05) is 6.61 Å². The van der Waals surface area contributed by atoms with Gasteiger partial charge in [0.15, 0.2) is 0 Å². The van der Waals surface area contributed by atoms with E-state index in [1.165, 1.54) is 6.08 Å². The minimum absolute atomic E-state index is 0.474. The Morgan fingerprint density at radius 3 is 2.29 bits per heavy atom. The first-order valence-corrected chi connectivity index (χ1v) is 6.77.